The summed E-state index contributed by atoms with van der Waals surface area (Å²) in [7, 11) is 0. The molecule has 1 aromatic carbocycles. The van der Waals surface area contributed by atoms with Crippen LogP contribution in [0.15, 0.2) is 22.7 Å². The Kier molecular flexibility index (Phi) is 3.48. The van der Waals surface area contributed by atoms with Crippen LogP contribution >= 0.6 is 27.5 Å². The summed E-state index contributed by atoms with van der Waals surface area (Å²) in [5.41, 5.74) is 0.187. The van der Waals surface area contributed by atoms with E-state index < -0.39 is 17.1 Å². The van der Waals surface area contributed by atoms with Crippen molar-refractivity contribution in [2.24, 2.45) is 0 Å². The Labute approximate surface area is 93.2 Å². The molecule has 0 saturated carbocycles. The maximum Gasteiger partial charge on any atom is 0.265 e. The highest BCUT2D eigenvalue weighted by Gasteiger charge is 2.33. The van der Waals surface area contributed by atoms with Gasteiger partial charge in [0.15, 0.2) is 0 Å². The molecule has 0 aliphatic heterocycles. The van der Waals surface area contributed by atoms with Crippen molar-refractivity contribution in [3.8, 4) is 0 Å². The first-order valence-corrected chi connectivity index (χ1v) is 5.02. The molecule has 0 N–H and O–H groups in total. The monoisotopic (exact) mass is 286 g/mol. The van der Waals surface area contributed by atoms with Crippen molar-refractivity contribution in [2.45, 2.75) is 18.2 Å². The number of hydrogen-bond donors (Lipinski definition) is 0. The summed E-state index contributed by atoms with van der Waals surface area (Å²) in [4.78, 5) is 0. The molecule has 5 heteroatoms. The van der Waals surface area contributed by atoms with Gasteiger partial charge in [0, 0.05) is 6.92 Å². The Morgan fingerprint density at radius 1 is 1.43 bits per heavy atom. The first-order valence-electron chi connectivity index (χ1n) is 3.79. The van der Waals surface area contributed by atoms with E-state index in [0.717, 1.165) is 13.0 Å². The molecular formula is C9H7BrClF3. The van der Waals surface area contributed by atoms with E-state index >= 15 is 0 Å². The van der Waals surface area contributed by atoms with Crippen LogP contribution < -0.4 is 0 Å². The van der Waals surface area contributed by atoms with Gasteiger partial charge in [0.1, 0.15) is 11.2 Å². The number of hydrogen-bond acceptors (Lipinski definition) is 0. The molecule has 0 nitrogen and oxygen atoms in total. The Bertz CT molecular complexity index is 335. The highest BCUT2D eigenvalue weighted by Crippen LogP contribution is 2.37. The summed E-state index contributed by atoms with van der Waals surface area (Å²) >= 11 is 8.42. The standard InChI is InChI=1S/C9H7BrClF3/c1-9(13,14)8(11)5-2-3-7(12)6(10)4-5/h2-4,8H,1H3. The SMILES string of the molecule is CC(F)(F)C(Cl)c1ccc(F)c(Br)c1. The van der Waals surface area contributed by atoms with Crippen LogP contribution in [0.2, 0.25) is 0 Å². The molecule has 78 valence electrons. The largest absolute Gasteiger partial charge is 0.265 e. The number of rotatable bonds is 2. The lowest BCUT2D eigenvalue weighted by molar-refractivity contribution is 0.0169. The quantitative estimate of drug-likeness (QED) is 0.701. The molecule has 0 aliphatic rings. The molecule has 1 atom stereocenters. The van der Waals surface area contributed by atoms with Gasteiger partial charge in [0.05, 0.1) is 4.47 Å². The molecule has 0 spiro atoms. The fourth-order valence-electron chi connectivity index (χ4n) is 0.963. The molecule has 1 rings (SSSR count). The zero-order chi connectivity index (χ0) is 10.9. The molecule has 0 bridgehead atoms. The lowest BCUT2D eigenvalue weighted by Gasteiger charge is -2.17. The second-order valence-electron chi connectivity index (χ2n) is 2.99. The van der Waals surface area contributed by atoms with Gasteiger partial charge in [0.25, 0.3) is 5.92 Å². The molecule has 0 amide bonds. The maximum atomic E-state index is 12.8. The molecule has 0 saturated heterocycles. The molecule has 14 heavy (non-hydrogen) atoms. The second kappa shape index (κ2) is 4.11. The van der Waals surface area contributed by atoms with Gasteiger partial charge in [-0.2, -0.15) is 0 Å². The van der Waals surface area contributed by atoms with Gasteiger partial charge in [0.2, 0.25) is 0 Å². The minimum atomic E-state index is -3.03. The molecule has 0 radical (unpaired) electrons. The summed E-state index contributed by atoms with van der Waals surface area (Å²) in [5, 5.41) is -1.44. The summed E-state index contributed by atoms with van der Waals surface area (Å²) in [5.74, 6) is -3.53. The predicted molar refractivity (Wildman–Crippen MR) is 53.3 cm³/mol. The van der Waals surface area contributed by atoms with Crippen LogP contribution in [0.25, 0.3) is 0 Å². The smallest absolute Gasteiger partial charge is 0.206 e. The Hall–Kier alpha value is -0.220. The first-order chi connectivity index (χ1) is 6.32. The Balaban J connectivity index is 3.03. The molecule has 0 fully saturated rings. The fraction of sp³-hybridized carbons (Fsp3) is 0.333. The van der Waals surface area contributed by atoms with Crippen molar-refractivity contribution >= 4 is 27.5 Å². The Morgan fingerprint density at radius 2 is 2.00 bits per heavy atom. The fourth-order valence-corrected chi connectivity index (χ4v) is 1.49. The predicted octanol–water partition coefficient (Wildman–Crippen LogP) is 4.52. The van der Waals surface area contributed by atoms with Gasteiger partial charge in [-0.15, -0.1) is 11.6 Å². The molecule has 0 heterocycles. The van der Waals surface area contributed by atoms with E-state index in [9.17, 15) is 13.2 Å². The summed E-state index contributed by atoms with van der Waals surface area (Å²) in [6.45, 7) is 0.724. The van der Waals surface area contributed by atoms with Crippen molar-refractivity contribution in [2.75, 3.05) is 0 Å². The van der Waals surface area contributed by atoms with Gasteiger partial charge in [-0.3, -0.25) is 0 Å². The van der Waals surface area contributed by atoms with Crippen LogP contribution in [0.4, 0.5) is 13.2 Å². The van der Waals surface area contributed by atoms with E-state index in [-0.39, 0.29) is 10.0 Å². The Morgan fingerprint density at radius 3 is 2.43 bits per heavy atom. The third-order valence-electron chi connectivity index (χ3n) is 1.68. The summed E-state index contributed by atoms with van der Waals surface area (Å²) < 4.78 is 38.5. The van der Waals surface area contributed by atoms with Crippen LogP contribution in [0.5, 0.6) is 0 Å². The average molecular weight is 288 g/mol. The van der Waals surface area contributed by atoms with Gasteiger partial charge in [-0.25, -0.2) is 13.2 Å². The lowest BCUT2D eigenvalue weighted by atomic mass is 10.1. The minimum Gasteiger partial charge on any atom is -0.206 e. The summed E-state index contributed by atoms with van der Waals surface area (Å²) in [6.07, 6.45) is 0. The summed E-state index contributed by atoms with van der Waals surface area (Å²) in [6, 6.07) is 3.60. The molecule has 1 unspecified atom stereocenters. The van der Waals surface area contributed by atoms with Crippen LogP contribution in [0.3, 0.4) is 0 Å². The highest BCUT2D eigenvalue weighted by molar-refractivity contribution is 9.10. The van der Waals surface area contributed by atoms with Crippen molar-refractivity contribution in [3.63, 3.8) is 0 Å². The van der Waals surface area contributed by atoms with Crippen molar-refractivity contribution in [1.82, 2.24) is 0 Å². The zero-order valence-corrected chi connectivity index (χ0v) is 9.54. The van der Waals surface area contributed by atoms with Crippen molar-refractivity contribution in [1.29, 1.82) is 0 Å². The number of alkyl halides is 3. The number of halogens is 5. The molecule has 0 aliphatic carbocycles. The second-order valence-corrected chi connectivity index (χ2v) is 4.28. The van der Waals surface area contributed by atoms with Gasteiger partial charge in [-0.1, -0.05) is 6.07 Å². The van der Waals surface area contributed by atoms with E-state index in [2.05, 4.69) is 15.9 Å². The normalized spacial score (nSPS) is 14.1. The highest BCUT2D eigenvalue weighted by atomic mass is 79.9. The van der Waals surface area contributed by atoms with Crippen LogP contribution in [-0.2, 0) is 0 Å². The third kappa shape index (κ3) is 2.64. The number of benzene rings is 1. The van der Waals surface area contributed by atoms with E-state index in [4.69, 9.17) is 11.6 Å². The minimum absolute atomic E-state index is 0.130. The van der Waals surface area contributed by atoms with E-state index in [0.29, 0.717) is 0 Å². The van der Waals surface area contributed by atoms with Crippen LogP contribution in [0, 0.1) is 5.82 Å². The van der Waals surface area contributed by atoms with Gasteiger partial charge < -0.3 is 0 Å². The van der Waals surface area contributed by atoms with E-state index in [1.165, 1.54) is 12.1 Å². The maximum absolute atomic E-state index is 12.8. The van der Waals surface area contributed by atoms with Crippen molar-refractivity contribution in [3.05, 3.63) is 34.1 Å². The van der Waals surface area contributed by atoms with Gasteiger partial charge >= 0.3 is 0 Å². The molecular weight excluding hydrogens is 280 g/mol. The first kappa shape index (κ1) is 11.9. The molecule has 0 aromatic heterocycles. The van der Waals surface area contributed by atoms with Crippen molar-refractivity contribution < 1.29 is 13.2 Å². The zero-order valence-electron chi connectivity index (χ0n) is 7.20. The van der Waals surface area contributed by atoms with Crippen LogP contribution in [-0.4, -0.2) is 5.92 Å². The van der Waals surface area contributed by atoms with Crippen LogP contribution in [0.1, 0.15) is 17.9 Å². The van der Waals surface area contributed by atoms with Gasteiger partial charge in [-0.05, 0) is 33.6 Å². The lowest BCUT2D eigenvalue weighted by Crippen LogP contribution is -2.17. The van der Waals surface area contributed by atoms with E-state index in [1.807, 2.05) is 0 Å². The molecule has 1 aromatic rings. The topological polar surface area (TPSA) is 0 Å². The van der Waals surface area contributed by atoms with E-state index in [1.54, 1.807) is 0 Å². The third-order valence-corrected chi connectivity index (χ3v) is 2.92. The average Bonchev–Trinajstić information content (AvgIpc) is 2.07.